The zero-order valence-electron chi connectivity index (χ0n) is 9.88. The first-order chi connectivity index (χ1) is 8.93. The van der Waals surface area contributed by atoms with E-state index in [4.69, 9.17) is 0 Å². The molecular weight excluding hydrogens is 218 g/mol. The van der Waals surface area contributed by atoms with Crippen molar-refractivity contribution >= 4 is 0 Å². The number of aromatic nitrogens is 1. The molecule has 0 aliphatic rings. The van der Waals surface area contributed by atoms with Gasteiger partial charge in [0.2, 0.25) is 0 Å². The predicted octanol–water partition coefficient (Wildman–Crippen LogP) is 4.22. The summed E-state index contributed by atoms with van der Waals surface area (Å²) >= 11 is 0. The van der Waals surface area contributed by atoms with Crippen LogP contribution in [0.1, 0.15) is 0 Å². The van der Waals surface area contributed by atoms with Crippen molar-refractivity contribution in [1.82, 2.24) is 4.98 Å². The van der Waals surface area contributed by atoms with E-state index in [0.29, 0.717) is 0 Å². The highest BCUT2D eigenvalue weighted by Gasteiger charge is 1.99. The molecule has 0 N–H and O–H groups in total. The Morgan fingerprint density at radius 3 is 2.06 bits per heavy atom. The van der Waals surface area contributed by atoms with Crippen molar-refractivity contribution in [3.63, 3.8) is 0 Å². The van der Waals surface area contributed by atoms with Crippen LogP contribution in [0.25, 0.3) is 22.3 Å². The lowest BCUT2D eigenvalue weighted by Gasteiger charge is -2.04. The monoisotopic (exact) mass is 230 g/mol. The Morgan fingerprint density at radius 2 is 1.44 bits per heavy atom. The van der Waals surface area contributed by atoms with E-state index in [9.17, 15) is 0 Å². The van der Waals surface area contributed by atoms with E-state index in [1.165, 1.54) is 16.7 Å². The van der Waals surface area contributed by atoms with Crippen molar-refractivity contribution in [3.8, 4) is 22.3 Å². The molecule has 1 heteroatoms. The smallest absolute Gasteiger partial charge is 0.0346 e. The van der Waals surface area contributed by atoms with Crippen LogP contribution >= 0.6 is 0 Å². The Morgan fingerprint density at radius 1 is 0.722 bits per heavy atom. The summed E-state index contributed by atoms with van der Waals surface area (Å²) in [4.78, 5) is 4.14. The average Bonchev–Trinajstić information content (AvgIpc) is 2.49. The molecular formula is C17H12N. The number of pyridine rings is 1. The van der Waals surface area contributed by atoms with E-state index in [-0.39, 0.29) is 0 Å². The van der Waals surface area contributed by atoms with Crippen molar-refractivity contribution in [2.45, 2.75) is 0 Å². The van der Waals surface area contributed by atoms with Gasteiger partial charge >= 0.3 is 0 Å². The lowest BCUT2D eigenvalue weighted by Crippen LogP contribution is -1.80. The van der Waals surface area contributed by atoms with E-state index < -0.39 is 0 Å². The highest BCUT2D eigenvalue weighted by molar-refractivity contribution is 5.69. The molecule has 1 aromatic heterocycles. The van der Waals surface area contributed by atoms with Crippen molar-refractivity contribution in [1.29, 1.82) is 0 Å². The van der Waals surface area contributed by atoms with E-state index in [1.807, 2.05) is 30.5 Å². The lowest BCUT2D eigenvalue weighted by molar-refractivity contribution is 1.33. The van der Waals surface area contributed by atoms with Gasteiger partial charge in [-0.1, -0.05) is 48.5 Å². The van der Waals surface area contributed by atoms with Gasteiger partial charge in [-0.25, -0.2) is 0 Å². The molecule has 0 spiro atoms. The molecule has 0 saturated heterocycles. The maximum absolute atomic E-state index is 4.14. The highest BCUT2D eigenvalue weighted by Crippen LogP contribution is 2.23. The van der Waals surface area contributed by atoms with Gasteiger partial charge in [0.1, 0.15) is 0 Å². The van der Waals surface area contributed by atoms with E-state index in [2.05, 4.69) is 47.4 Å². The summed E-state index contributed by atoms with van der Waals surface area (Å²) in [5.41, 5.74) is 4.73. The van der Waals surface area contributed by atoms with Crippen LogP contribution in [0.15, 0.2) is 73.1 Å². The summed E-state index contributed by atoms with van der Waals surface area (Å²) in [6, 6.07) is 23.6. The third-order valence-corrected chi connectivity index (χ3v) is 2.92. The van der Waals surface area contributed by atoms with Crippen molar-refractivity contribution in [3.05, 3.63) is 79.1 Å². The molecule has 0 bridgehead atoms. The van der Waals surface area contributed by atoms with E-state index in [1.54, 1.807) is 6.20 Å². The highest BCUT2D eigenvalue weighted by atomic mass is 14.6. The average molecular weight is 230 g/mol. The largest absolute Gasteiger partial charge is 0.264 e. The number of nitrogens with zero attached hydrogens (tertiary/aromatic N) is 1. The van der Waals surface area contributed by atoms with Gasteiger partial charge < -0.3 is 0 Å². The van der Waals surface area contributed by atoms with Crippen molar-refractivity contribution in [2.24, 2.45) is 0 Å². The topological polar surface area (TPSA) is 12.9 Å². The van der Waals surface area contributed by atoms with Gasteiger partial charge in [0.25, 0.3) is 0 Å². The van der Waals surface area contributed by atoms with Crippen LogP contribution in [0, 0.1) is 6.07 Å². The van der Waals surface area contributed by atoms with Gasteiger partial charge in [-0.2, -0.15) is 0 Å². The zero-order valence-corrected chi connectivity index (χ0v) is 9.88. The Balaban J connectivity index is 1.95. The first kappa shape index (κ1) is 10.7. The van der Waals surface area contributed by atoms with Crippen LogP contribution in [0.3, 0.4) is 0 Å². The molecule has 1 nitrogen and oxygen atoms in total. The molecule has 0 unspecified atom stereocenters. The summed E-state index contributed by atoms with van der Waals surface area (Å²) in [6.07, 6.45) is 3.67. The van der Waals surface area contributed by atoms with Crippen LogP contribution in [-0.4, -0.2) is 4.98 Å². The molecule has 1 radical (unpaired) electrons. The molecule has 3 aromatic rings. The third kappa shape index (κ3) is 2.16. The second-order valence-electron chi connectivity index (χ2n) is 4.11. The van der Waals surface area contributed by atoms with Crippen LogP contribution in [0.5, 0.6) is 0 Å². The number of hydrogen-bond acceptors (Lipinski definition) is 1. The quantitative estimate of drug-likeness (QED) is 0.642. The fourth-order valence-corrected chi connectivity index (χ4v) is 1.96. The molecule has 3 rings (SSSR count). The minimum atomic E-state index is 1.14. The van der Waals surface area contributed by atoms with E-state index in [0.717, 1.165) is 5.56 Å². The van der Waals surface area contributed by atoms with E-state index >= 15 is 0 Å². The summed E-state index contributed by atoms with van der Waals surface area (Å²) in [7, 11) is 0. The second-order valence-corrected chi connectivity index (χ2v) is 4.11. The first-order valence-electron chi connectivity index (χ1n) is 5.90. The zero-order chi connectivity index (χ0) is 12.2. The summed E-state index contributed by atoms with van der Waals surface area (Å²) in [5, 5.41) is 0. The minimum absolute atomic E-state index is 1.14. The normalized spacial score (nSPS) is 10.2. The lowest BCUT2D eigenvalue weighted by atomic mass is 10.0. The molecule has 0 atom stereocenters. The molecule has 85 valence electrons. The van der Waals surface area contributed by atoms with Gasteiger partial charge in [0.05, 0.1) is 0 Å². The van der Waals surface area contributed by atoms with Crippen LogP contribution in [0.2, 0.25) is 0 Å². The van der Waals surface area contributed by atoms with Crippen LogP contribution in [0.4, 0.5) is 0 Å². The Labute approximate surface area is 107 Å². The third-order valence-electron chi connectivity index (χ3n) is 2.92. The van der Waals surface area contributed by atoms with Gasteiger partial charge in [-0.3, -0.25) is 4.98 Å². The maximum Gasteiger partial charge on any atom is 0.0346 e. The molecule has 0 amide bonds. The van der Waals surface area contributed by atoms with Gasteiger partial charge in [0.15, 0.2) is 0 Å². The SMILES string of the molecule is [c]1cccc(-c2ccc(-c3cccnc3)cc2)c1. The molecule has 0 aliphatic carbocycles. The fourth-order valence-electron chi connectivity index (χ4n) is 1.96. The Bertz CT molecular complexity index is 554. The maximum atomic E-state index is 4.14. The number of benzene rings is 2. The number of hydrogen-bond donors (Lipinski definition) is 0. The number of rotatable bonds is 2. The predicted molar refractivity (Wildman–Crippen MR) is 73.9 cm³/mol. The standard InChI is InChI=1S/C17H12N/c1-2-5-14(6-3-1)15-8-10-16(11-9-15)17-7-4-12-18-13-17/h1-2,4-13H. The molecule has 0 aliphatic heterocycles. The van der Waals surface area contributed by atoms with Crippen LogP contribution < -0.4 is 0 Å². The molecule has 1 heterocycles. The molecule has 0 saturated carbocycles. The van der Waals surface area contributed by atoms with Gasteiger partial charge in [-0.15, -0.1) is 0 Å². The fraction of sp³-hybridized carbons (Fsp3) is 0. The Hall–Kier alpha value is -2.41. The van der Waals surface area contributed by atoms with Crippen LogP contribution in [-0.2, 0) is 0 Å². The minimum Gasteiger partial charge on any atom is -0.264 e. The van der Waals surface area contributed by atoms with Crippen molar-refractivity contribution < 1.29 is 0 Å². The van der Waals surface area contributed by atoms with Gasteiger partial charge in [-0.05, 0) is 40.5 Å². The molecule has 0 fully saturated rings. The van der Waals surface area contributed by atoms with Crippen molar-refractivity contribution in [2.75, 3.05) is 0 Å². The summed E-state index contributed by atoms with van der Waals surface area (Å²) < 4.78 is 0. The Kier molecular flexibility index (Phi) is 2.89. The summed E-state index contributed by atoms with van der Waals surface area (Å²) in [5.74, 6) is 0. The molecule has 2 aromatic carbocycles. The summed E-state index contributed by atoms with van der Waals surface area (Å²) in [6.45, 7) is 0. The second kappa shape index (κ2) is 4.84. The molecule has 18 heavy (non-hydrogen) atoms. The first-order valence-corrected chi connectivity index (χ1v) is 5.90. The van der Waals surface area contributed by atoms with Gasteiger partial charge in [0, 0.05) is 12.4 Å².